The van der Waals surface area contributed by atoms with Crippen molar-refractivity contribution in [3.8, 4) is 35.4 Å². The lowest BCUT2D eigenvalue weighted by molar-refractivity contribution is -0.171. The van der Waals surface area contributed by atoms with Gasteiger partial charge in [-0.3, -0.25) is 9.78 Å². The van der Waals surface area contributed by atoms with E-state index in [0.717, 1.165) is 0 Å². The first-order chi connectivity index (χ1) is 20.4. The molecule has 224 valence electrons. The molecule has 2 aromatic heterocycles. The van der Waals surface area contributed by atoms with Crippen molar-refractivity contribution in [3.63, 3.8) is 0 Å². The molecule has 0 amide bonds. The van der Waals surface area contributed by atoms with Gasteiger partial charge in [-0.1, -0.05) is 18.9 Å². The number of Topliss-reactive ketones (excluding diaryl/α,β-unsaturated/α-hetero) is 1. The Morgan fingerprint density at radius 1 is 1.16 bits per heavy atom. The lowest BCUT2D eigenvalue weighted by atomic mass is 9.95. The Balaban J connectivity index is 1.62. The number of anilines is 1. The minimum Gasteiger partial charge on any atom is -0.508 e. The predicted octanol–water partition coefficient (Wildman–Crippen LogP) is 5.46. The summed E-state index contributed by atoms with van der Waals surface area (Å²) in [5.41, 5.74) is 1.81. The Morgan fingerprint density at radius 3 is 2.58 bits per heavy atom. The Morgan fingerprint density at radius 2 is 1.91 bits per heavy atom. The van der Waals surface area contributed by atoms with E-state index in [2.05, 4.69) is 21.2 Å². The Bertz CT molecular complexity index is 1770. The van der Waals surface area contributed by atoms with Gasteiger partial charge in [-0.15, -0.1) is 6.42 Å². The van der Waals surface area contributed by atoms with Crippen LogP contribution >= 0.6 is 0 Å². The van der Waals surface area contributed by atoms with Crippen LogP contribution in [0.25, 0.3) is 32.9 Å². The van der Waals surface area contributed by atoms with E-state index >= 15 is 0 Å². The first kappa shape index (κ1) is 30.0. The summed E-state index contributed by atoms with van der Waals surface area (Å²) in [7, 11) is 1.42. The van der Waals surface area contributed by atoms with Gasteiger partial charge in [0.05, 0.1) is 35.0 Å². The quantitative estimate of drug-likeness (QED) is 0.215. The van der Waals surface area contributed by atoms with Crippen molar-refractivity contribution in [1.82, 2.24) is 20.3 Å². The van der Waals surface area contributed by atoms with Gasteiger partial charge in [-0.25, -0.2) is 4.39 Å². The summed E-state index contributed by atoms with van der Waals surface area (Å²) in [4.78, 5) is 27.5. The standard InChI is InChI=1S/C31H29F4N5O3/c1-5-18-14-40(15-19(37-18)8-10-26(42)31(33,34)35)29-27-16(3)36-24(13-25(27)38-30(39-29)43-4)22-12-20(41)11-17-7-9-23(32)21(6-2)28(17)22/h2,7,9,11-13,18-19,37,41H,5,8,10,14-15H2,1,3-4H3. The Hall–Kier alpha value is -4.50. The van der Waals surface area contributed by atoms with Crippen LogP contribution in [0.4, 0.5) is 23.4 Å². The number of aromatic hydroxyl groups is 1. The van der Waals surface area contributed by atoms with E-state index in [1.54, 1.807) is 13.0 Å². The number of carbonyl (C=O) groups is 1. The molecule has 0 saturated carbocycles. The molecule has 0 spiro atoms. The second-order valence-electron chi connectivity index (χ2n) is 10.5. The summed E-state index contributed by atoms with van der Waals surface area (Å²) in [6.07, 6.45) is 0.865. The third-order valence-corrected chi connectivity index (χ3v) is 7.66. The molecule has 2 aromatic carbocycles. The molecule has 1 aliphatic heterocycles. The maximum absolute atomic E-state index is 14.7. The number of alkyl halides is 3. The number of phenolic OH excluding ortho intramolecular Hbond substituents is 1. The van der Waals surface area contributed by atoms with Crippen molar-refractivity contribution in [3.05, 3.63) is 47.4 Å². The summed E-state index contributed by atoms with van der Waals surface area (Å²) in [5.74, 6) is 0.496. The zero-order valence-corrected chi connectivity index (χ0v) is 23.7. The van der Waals surface area contributed by atoms with Gasteiger partial charge in [0.2, 0.25) is 5.78 Å². The second kappa shape index (κ2) is 11.6. The molecule has 2 unspecified atom stereocenters. The number of fused-ring (bicyclic) bond motifs is 2. The number of hydrogen-bond acceptors (Lipinski definition) is 8. The number of aryl methyl sites for hydroxylation is 1. The van der Waals surface area contributed by atoms with Gasteiger partial charge < -0.3 is 20.1 Å². The number of rotatable bonds is 7. The smallest absolute Gasteiger partial charge is 0.449 e. The topological polar surface area (TPSA) is 100 Å². The maximum Gasteiger partial charge on any atom is 0.449 e. The monoisotopic (exact) mass is 595 g/mol. The molecule has 1 saturated heterocycles. The highest BCUT2D eigenvalue weighted by molar-refractivity contribution is 6.03. The van der Waals surface area contributed by atoms with Gasteiger partial charge in [-0.2, -0.15) is 23.1 Å². The average molecular weight is 596 g/mol. The van der Waals surface area contributed by atoms with Crippen molar-refractivity contribution >= 4 is 33.3 Å². The number of halogens is 4. The number of ketones is 1. The minimum atomic E-state index is -4.87. The maximum atomic E-state index is 14.7. The highest BCUT2D eigenvalue weighted by Crippen LogP contribution is 2.38. The normalized spacial score (nSPS) is 17.3. The Kier molecular flexibility index (Phi) is 8.12. The molecule has 0 radical (unpaired) electrons. The number of carbonyl (C=O) groups excluding carboxylic acids is 1. The van der Waals surface area contributed by atoms with Crippen molar-refractivity contribution in [2.45, 2.75) is 51.4 Å². The van der Waals surface area contributed by atoms with E-state index in [-0.39, 0.29) is 29.8 Å². The molecule has 2 atom stereocenters. The fraction of sp³-hybridized carbons (Fsp3) is 0.355. The van der Waals surface area contributed by atoms with Crippen molar-refractivity contribution in [2.24, 2.45) is 0 Å². The van der Waals surface area contributed by atoms with Crippen LogP contribution in [0.15, 0.2) is 30.3 Å². The van der Waals surface area contributed by atoms with E-state index in [4.69, 9.17) is 16.1 Å². The molecule has 1 fully saturated rings. The minimum absolute atomic E-state index is 0.00548. The number of methoxy groups -OCH3 is 1. The van der Waals surface area contributed by atoms with Gasteiger partial charge in [-0.05, 0) is 49.4 Å². The number of ether oxygens (including phenoxy) is 1. The van der Waals surface area contributed by atoms with E-state index in [1.807, 2.05) is 11.8 Å². The summed E-state index contributed by atoms with van der Waals surface area (Å²) >= 11 is 0. The van der Waals surface area contributed by atoms with Crippen LogP contribution in [-0.4, -0.2) is 64.3 Å². The average Bonchev–Trinajstić information content (AvgIpc) is 2.98. The van der Waals surface area contributed by atoms with Crippen LogP contribution in [0.5, 0.6) is 11.8 Å². The molecule has 5 rings (SSSR count). The first-order valence-corrected chi connectivity index (χ1v) is 13.7. The lowest BCUT2D eigenvalue weighted by Gasteiger charge is -2.40. The van der Waals surface area contributed by atoms with Crippen molar-refractivity contribution in [1.29, 1.82) is 0 Å². The fourth-order valence-electron chi connectivity index (χ4n) is 5.61. The zero-order chi connectivity index (χ0) is 31.1. The number of benzene rings is 2. The van der Waals surface area contributed by atoms with Crippen LogP contribution in [0.3, 0.4) is 0 Å². The molecular formula is C31H29F4N5O3. The van der Waals surface area contributed by atoms with Crippen LogP contribution in [0, 0.1) is 25.1 Å². The van der Waals surface area contributed by atoms with E-state index in [9.17, 15) is 27.5 Å². The molecule has 0 bridgehead atoms. The van der Waals surface area contributed by atoms with Crippen molar-refractivity contribution in [2.75, 3.05) is 25.1 Å². The largest absolute Gasteiger partial charge is 0.508 e. The van der Waals surface area contributed by atoms with Crippen LogP contribution in [0.1, 0.15) is 37.4 Å². The number of aromatic nitrogens is 3. The third kappa shape index (κ3) is 5.90. The number of phenols is 1. The number of terminal acetylenes is 1. The summed E-state index contributed by atoms with van der Waals surface area (Å²) in [6.45, 7) is 4.51. The molecule has 1 aliphatic rings. The van der Waals surface area contributed by atoms with Gasteiger partial charge >= 0.3 is 12.2 Å². The molecule has 3 heterocycles. The first-order valence-electron chi connectivity index (χ1n) is 13.7. The SMILES string of the molecule is C#Cc1c(F)ccc2cc(O)cc(-c3cc4nc(OC)nc(N5CC(CC)NC(CCC(=O)C(F)(F)F)C5)c4c(C)n3)c12. The second-order valence-corrected chi connectivity index (χ2v) is 10.5. The number of nitrogens with zero attached hydrogens (tertiary/aromatic N) is 4. The molecule has 8 nitrogen and oxygen atoms in total. The Labute approximate surface area is 245 Å². The van der Waals surface area contributed by atoms with Gasteiger partial charge in [0, 0.05) is 42.5 Å². The van der Waals surface area contributed by atoms with Gasteiger partial charge in [0.25, 0.3) is 0 Å². The van der Waals surface area contributed by atoms with Crippen molar-refractivity contribution < 1.29 is 32.2 Å². The highest BCUT2D eigenvalue weighted by atomic mass is 19.4. The van der Waals surface area contributed by atoms with Crippen LogP contribution in [0.2, 0.25) is 0 Å². The summed E-state index contributed by atoms with van der Waals surface area (Å²) in [6, 6.07) is 6.99. The van der Waals surface area contributed by atoms with Gasteiger partial charge in [0.15, 0.2) is 0 Å². The van der Waals surface area contributed by atoms with E-state index < -0.39 is 30.2 Å². The number of pyridine rings is 1. The molecule has 4 aromatic rings. The third-order valence-electron chi connectivity index (χ3n) is 7.66. The molecule has 12 heteroatoms. The van der Waals surface area contributed by atoms with E-state index in [0.29, 0.717) is 64.0 Å². The lowest BCUT2D eigenvalue weighted by Crippen LogP contribution is -2.57. The highest BCUT2D eigenvalue weighted by Gasteiger charge is 2.38. The molecule has 43 heavy (non-hydrogen) atoms. The predicted molar refractivity (Wildman–Crippen MR) is 155 cm³/mol. The molecule has 2 N–H and O–H groups in total. The zero-order valence-electron chi connectivity index (χ0n) is 23.7. The van der Waals surface area contributed by atoms with Crippen LogP contribution in [-0.2, 0) is 4.79 Å². The summed E-state index contributed by atoms with van der Waals surface area (Å²) in [5, 5.41) is 15.4. The fourth-order valence-corrected chi connectivity index (χ4v) is 5.61. The van der Waals surface area contributed by atoms with Crippen LogP contribution < -0.4 is 15.0 Å². The van der Waals surface area contributed by atoms with E-state index in [1.165, 1.54) is 31.4 Å². The molecular weight excluding hydrogens is 566 g/mol. The number of hydrogen-bond donors (Lipinski definition) is 2. The number of nitrogens with one attached hydrogen (secondary N) is 1. The number of piperazine rings is 1. The molecule has 0 aliphatic carbocycles. The summed E-state index contributed by atoms with van der Waals surface area (Å²) < 4.78 is 58.7. The van der Waals surface area contributed by atoms with Gasteiger partial charge in [0.1, 0.15) is 17.4 Å².